The minimum absolute atomic E-state index is 0.535. The lowest BCUT2D eigenvalue weighted by Gasteiger charge is -2.39. The molecule has 1 aliphatic heterocycles. The molecule has 0 bridgehead atoms. The topological polar surface area (TPSA) is 54.5 Å². The van der Waals surface area contributed by atoms with Gasteiger partial charge in [-0.05, 0) is 70.8 Å². The molecule has 3 aromatic heterocycles. The second kappa shape index (κ2) is 8.17. The van der Waals surface area contributed by atoms with Crippen LogP contribution in [0.15, 0.2) is 131 Å². The van der Waals surface area contributed by atoms with Gasteiger partial charge < -0.3 is 4.57 Å². The lowest BCUT2D eigenvalue weighted by atomic mass is 9.67. The molecule has 0 fully saturated rings. The standard InChI is InChI=1S/C36H20N4S/c37-21-22-16-17-30-24(20-22)23-8-1-3-13-29(23)40(30)31-14-5-10-28-35(31)41-32-15-4-2-9-25(32)36(28)26-11-6-18-38-33(26)34-27(36)12-7-19-39-34/h1-20H. The number of para-hydroxylation sites is 1. The summed E-state index contributed by atoms with van der Waals surface area (Å²) in [6.45, 7) is 0. The Balaban J connectivity index is 1.44. The van der Waals surface area contributed by atoms with Crippen molar-refractivity contribution in [2.75, 3.05) is 0 Å². The van der Waals surface area contributed by atoms with Crippen molar-refractivity contribution < 1.29 is 0 Å². The van der Waals surface area contributed by atoms with Crippen molar-refractivity contribution in [1.29, 1.82) is 5.26 Å². The smallest absolute Gasteiger partial charge is 0.0991 e. The number of pyridine rings is 2. The third kappa shape index (κ3) is 2.80. The van der Waals surface area contributed by atoms with E-state index in [1.165, 1.54) is 32.0 Å². The highest BCUT2D eigenvalue weighted by Crippen LogP contribution is 2.62. The van der Waals surface area contributed by atoms with Crippen LogP contribution in [0.3, 0.4) is 0 Å². The number of benzene rings is 4. The van der Waals surface area contributed by atoms with Gasteiger partial charge in [-0.25, -0.2) is 0 Å². The fourth-order valence-corrected chi connectivity index (χ4v) is 8.34. The van der Waals surface area contributed by atoms with Gasteiger partial charge in [-0.1, -0.05) is 72.4 Å². The molecule has 0 saturated heterocycles. The van der Waals surface area contributed by atoms with E-state index in [1.54, 1.807) is 0 Å². The summed E-state index contributed by atoms with van der Waals surface area (Å²) in [4.78, 5) is 12.2. The van der Waals surface area contributed by atoms with E-state index in [9.17, 15) is 5.26 Å². The number of hydrogen-bond acceptors (Lipinski definition) is 4. The highest BCUT2D eigenvalue weighted by Gasteiger charge is 2.51. The molecule has 5 heteroatoms. The molecule has 9 rings (SSSR count). The van der Waals surface area contributed by atoms with Gasteiger partial charge in [0.1, 0.15) is 0 Å². The Labute approximate surface area is 240 Å². The molecule has 1 aliphatic carbocycles. The van der Waals surface area contributed by atoms with Gasteiger partial charge in [-0.15, -0.1) is 0 Å². The number of rotatable bonds is 1. The first-order valence-corrected chi connectivity index (χ1v) is 14.4. The van der Waals surface area contributed by atoms with E-state index in [0.717, 1.165) is 38.9 Å². The number of fused-ring (bicyclic) bond motifs is 12. The first kappa shape index (κ1) is 22.6. The highest BCUT2D eigenvalue weighted by molar-refractivity contribution is 7.99. The molecule has 0 radical (unpaired) electrons. The van der Waals surface area contributed by atoms with Crippen molar-refractivity contribution in [2.24, 2.45) is 0 Å². The zero-order chi connectivity index (χ0) is 27.1. The van der Waals surface area contributed by atoms with Crippen LogP contribution in [0.2, 0.25) is 0 Å². The molecule has 0 N–H and O–H groups in total. The van der Waals surface area contributed by atoms with Crippen molar-refractivity contribution in [1.82, 2.24) is 14.5 Å². The first-order chi connectivity index (χ1) is 20.3. The van der Waals surface area contributed by atoms with Crippen molar-refractivity contribution in [3.63, 3.8) is 0 Å². The summed E-state index contributed by atoms with van der Waals surface area (Å²) in [6, 6.07) is 40.8. The molecule has 0 amide bonds. The lowest BCUT2D eigenvalue weighted by Crippen LogP contribution is -2.32. The van der Waals surface area contributed by atoms with Gasteiger partial charge in [0.05, 0.1) is 45.2 Å². The molecule has 41 heavy (non-hydrogen) atoms. The van der Waals surface area contributed by atoms with Crippen LogP contribution >= 0.6 is 11.8 Å². The van der Waals surface area contributed by atoms with Crippen molar-refractivity contribution in [3.05, 3.63) is 149 Å². The van der Waals surface area contributed by atoms with E-state index < -0.39 is 5.41 Å². The minimum Gasteiger partial charge on any atom is -0.308 e. The van der Waals surface area contributed by atoms with Gasteiger partial charge >= 0.3 is 0 Å². The normalized spacial score (nSPS) is 13.9. The SMILES string of the molecule is N#Cc1ccc2c(c1)c1ccccc1n2-c1cccc2c1Sc1ccccc1C21c2cccnc2-c2ncccc21. The van der Waals surface area contributed by atoms with Gasteiger partial charge in [0.15, 0.2) is 0 Å². The summed E-state index contributed by atoms with van der Waals surface area (Å²) in [5, 5.41) is 11.9. The molecule has 4 nitrogen and oxygen atoms in total. The predicted octanol–water partition coefficient (Wildman–Crippen LogP) is 8.27. The highest BCUT2D eigenvalue weighted by atomic mass is 32.2. The first-order valence-electron chi connectivity index (χ1n) is 13.6. The van der Waals surface area contributed by atoms with Crippen LogP contribution in [-0.2, 0) is 5.41 Å². The van der Waals surface area contributed by atoms with E-state index >= 15 is 0 Å². The maximum absolute atomic E-state index is 9.65. The summed E-state index contributed by atoms with van der Waals surface area (Å²) in [6.07, 6.45) is 3.73. The number of nitrogens with zero attached hydrogens (tertiary/aromatic N) is 4. The number of aromatic nitrogens is 3. The van der Waals surface area contributed by atoms with Crippen molar-refractivity contribution >= 4 is 33.6 Å². The van der Waals surface area contributed by atoms with E-state index in [1.807, 2.05) is 48.4 Å². The molecule has 7 aromatic rings. The van der Waals surface area contributed by atoms with Crippen LogP contribution in [0.25, 0.3) is 38.9 Å². The van der Waals surface area contributed by atoms with E-state index in [4.69, 9.17) is 9.97 Å². The summed E-state index contributed by atoms with van der Waals surface area (Å²) in [5.41, 5.74) is 10.2. The molecule has 0 unspecified atom stereocenters. The Morgan fingerprint density at radius 1 is 0.634 bits per heavy atom. The quantitative estimate of drug-likeness (QED) is 0.210. The van der Waals surface area contributed by atoms with Crippen LogP contribution in [0.1, 0.15) is 27.8 Å². The molecule has 2 aliphatic rings. The van der Waals surface area contributed by atoms with Gasteiger partial charge in [0, 0.05) is 33.0 Å². The van der Waals surface area contributed by atoms with E-state index in [-0.39, 0.29) is 0 Å². The average molecular weight is 541 g/mol. The molecule has 1 spiro atoms. The summed E-state index contributed by atoms with van der Waals surface area (Å²) in [5.74, 6) is 0. The van der Waals surface area contributed by atoms with Gasteiger partial charge in [0.2, 0.25) is 0 Å². The monoisotopic (exact) mass is 540 g/mol. The second-order valence-corrected chi connectivity index (χ2v) is 11.5. The van der Waals surface area contributed by atoms with Gasteiger partial charge in [0.25, 0.3) is 0 Å². The largest absolute Gasteiger partial charge is 0.308 e. The Morgan fingerprint density at radius 2 is 1.32 bits per heavy atom. The Hall–Kier alpha value is -5.18. The second-order valence-electron chi connectivity index (χ2n) is 10.5. The molecular weight excluding hydrogens is 520 g/mol. The maximum atomic E-state index is 9.65. The summed E-state index contributed by atoms with van der Waals surface area (Å²) in [7, 11) is 0. The van der Waals surface area contributed by atoms with Crippen LogP contribution in [0, 0.1) is 11.3 Å². The molecule has 4 aromatic carbocycles. The van der Waals surface area contributed by atoms with Crippen LogP contribution in [0.5, 0.6) is 0 Å². The van der Waals surface area contributed by atoms with Gasteiger partial charge in [-0.2, -0.15) is 5.26 Å². The zero-order valence-electron chi connectivity index (χ0n) is 21.7. The summed E-state index contributed by atoms with van der Waals surface area (Å²) < 4.78 is 2.36. The summed E-state index contributed by atoms with van der Waals surface area (Å²) >= 11 is 1.83. The maximum Gasteiger partial charge on any atom is 0.0991 e. The predicted molar refractivity (Wildman–Crippen MR) is 163 cm³/mol. The molecule has 190 valence electrons. The van der Waals surface area contributed by atoms with Crippen molar-refractivity contribution in [3.8, 4) is 23.1 Å². The van der Waals surface area contributed by atoms with E-state index in [0.29, 0.717) is 5.56 Å². The van der Waals surface area contributed by atoms with Gasteiger partial charge in [-0.3, -0.25) is 9.97 Å². The third-order valence-corrected chi connectivity index (χ3v) is 9.80. The average Bonchev–Trinajstić information content (AvgIpc) is 3.52. The Bertz CT molecular complexity index is 2230. The third-order valence-electron chi connectivity index (χ3n) is 8.59. The van der Waals surface area contributed by atoms with E-state index in [2.05, 4.69) is 95.6 Å². The zero-order valence-corrected chi connectivity index (χ0v) is 22.6. The van der Waals surface area contributed by atoms with Crippen LogP contribution in [0.4, 0.5) is 0 Å². The van der Waals surface area contributed by atoms with Crippen LogP contribution < -0.4 is 0 Å². The molecule has 0 atom stereocenters. The number of hydrogen-bond donors (Lipinski definition) is 0. The van der Waals surface area contributed by atoms with Crippen LogP contribution in [-0.4, -0.2) is 14.5 Å². The molecule has 0 saturated carbocycles. The molecule has 4 heterocycles. The molecular formula is C36H20N4S. The lowest BCUT2D eigenvalue weighted by molar-refractivity contribution is 0.717. The Kier molecular flexibility index (Phi) is 4.51. The number of nitriles is 1. The fourth-order valence-electron chi connectivity index (χ4n) is 7.04. The fraction of sp³-hybridized carbons (Fsp3) is 0.0278. The Morgan fingerprint density at radius 3 is 2.12 bits per heavy atom. The van der Waals surface area contributed by atoms with Crippen molar-refractivity contribution in [2.45, 2.75) is 15.2 Å². The minimum atomic E-state index is -0.535.